The largest absolute Gasteiger partial charge is 0.331 e. The van der Waals surface area contributed by atoms with Crippen molar-refractivity contribution in [3.63, 3.8) is 0 Å². The van der Waals surface area contributed by atoms with Crippen LogP contribution in [0.5, 0.6) is 0 Å². The zero-order valence-corrected chi connectivity index (χ0v) is 7.65. The fourth-order valence-corrected chi connectivity index (χ4v) is 2.09. The van der Waals surface area contributed by atoms with Crippen LogP contribution in [0.3, 0.4) is 0 Å². The highest BCUT2D eigenvalue weighted by molar-refractivity contribution is 5.53. The number of nitrogens with zero attached hydrogens (tertiary/aromatic N) is 2. The number of hydrogen-bond acceptors (Lipinski definition) is 2. The van der Waals surface area contributed by atoms with Crippen molar-refractivity contribution in [3.8, 4) is 0 Å². The molecule has 0 bridgehead atoms. The summed E-state index contributed by atoms with van der Waals surface area (Å²) in [6.07, 6.45) is 10.2. The molecule has 0 aromatic carbocycles. The number of rotatable bonds is 3. The van der Waals surface area contributed by atoms with Gasteiger partial charge in [-0.15, -0.1) is 0 Å². The van der Waals surface area contributed by atoms with Crippen molar-refractivity contribution in [1.29, 1.82) is 0 Å². The molecular formula is C10H14N2O. The van der Waals surface area contributed by atoms with Crippen molar-refractivity contribution in [2.24, 2.45) is 0 Å². The molecule has 0 spiro atoms. The van der Waals surface area contributed by atoms with Gasteiger partial charge in [0.2, 0.25) is 0 Å². The SMILES string of the molecule is O=CCc1cncn1C1CCCC1. The standard InChI is InChI=1S/C10H14N2O/c13-6-5-10-7-11-8-12(10)9-3-1-2-4-9/h6-9H,1-5H2. The second-order valence-corrected chi connectivity index (χ2v) is 3.60. The van der Waals surface area contributed by atoms with E-state index in [1.165, 1.54) is 25.7 Å². The molecule has 1 heterocycles. The van der Waals surface area contributed by atoms with Gasteiger partial charge in [0.05, 0.1) is 6.33 Å². The minimum Gasteiger partial charge on any atom is -0.331 e. The first-order valence-corrected chi connectivity index (χ1v) is 4.86. The van der Waals surface area contributed by atoms with E-state index in [9.17, 15) is 4.79 Å². The van der Waals surface area contributed by atoms with Crippen LogP contribution in [0.4, 0.5) is 0 Å². The van der Waals surface area contributed by atoms with Gasteiger partial charge in [-0.25, -0.2) is 4.98 Å². The van der Waals surface area contributed by atoms with E-state index in [1.54, 1.807) is 6.20 Å². The molecule has 1 aromatic heterocycles. The number of aromatic nitrogens is 2. The summed E-state index contributed by atoms with van der Waals surface area (Å²) in [7, 11) is 0. The summed E-state index contributed by atoms with van der Waals surface area (Å²) < 4.78 is 2.17. The zero-order chi connectivity index (χ0) is 9.10. The molecule has 3 heteroatoms. The normalized spacial score (nSPS) is 17.8. The average molecular weight is 178 g/mol. The van der Waals surface area contributed by atoms with Crippen molar-refractivity contribution in [3.05, 3.63) is 18.2 Å². The van der Waals surface area contributed by atoms with Crippen LogP contribution in [0.15, 0.2) is 12.5 Å². The van der Waals surface area contributed by atoms with Crippen LogP contribution in [0.2, 0.25) is 0 Å². The van der Waals surface area contributed by atoms with Crippen LogP contribution in [-0.4, -0.2) is 15.8 Å². The summed E-state index contributed by atoms with van der Waals surface area (Å²) in [6.45, 7) is 0. The molecule has 1 aliphatic rings. The lowest BCUT2D eigenvalue weighted by Crippen LogP contribution is -2.07. The molecule has 13 heavy (non-hydrogen) atoms. The second kappa shape index (κ2) is 3.73. The van der Waals surface area contributed by atoms with E-state index in [0.29, 0.717) is 12.5 Å². The Bertz CT molecular complexity index is 287. The molecule has 0 unspecified atom stereocenters. The van der Waals surface area contributed by atoms with E-state index < -0.39 is 0 Å². The predicted molar refractivity (Wildman–Crippen MR) is 49.5 cm³/mol. The summed E-state index contributed by atoms with van der Waals surface area (Å²) in [6, 6.07) is 0.595. The number of imidazole rings is 1. The maximum Gasteiger partial charge on any atom is 0.125 e. The molecule has 0 aliphatic heterocycles. The Hall–Kier alpha value is -1.12. The lowest BCUT2D eigenvalue weighted by molar-refractivity contribution is -0.107. The first-order chi connectivity index (χ1) is 6.42. The molecule has 3 nitrogen and oxygen atoms in total. The Kier molecular flexibility index (Phi) is 2.43. The van der Waals surface area contributed by atoms with Gasteiger partial charge in [0.1, 0.15) is 6.29 Å². The van der Waals surface area contributed by atoms with E-state index in [4.69, 9.17) is 0 Å². The van der Waals surface area contributed by atoms with Crippen molar-refractivity contribution in [2.45, 2.75) is 38.1 Å². The highest BCUT2D eigenvalue weighted by atomic mass is 16.1. The van der Waals surface area contributed by atoms with Crippen molar-refractivity contribution in [2.75, 3.05) is 0 Å². The van der Waals surface area contributed by atoms with Crippen LogP contribution in [0.1, 0.15) is 37.4 Å². The lowest BCUT2D eigenvalue weighted by atomic mass is 10.2. The van der Waals surface area contributed by atoms with Crippen LogP contribution in [0.25, 0.3) is 0 Å². The molecule has 2 rings (SSSR count). The first kappa shape index (κ1) is 8.48. The molecule has 70 valence electrons. The zero-order valence-electron chi connectivity index (χ0n) is 7.65. The Morgan fingerprint density at radius 1 is 1.54 bits per heavy atom. The Morgan fingerprint density at radius 3 is 3.00 bits per heavy atom. The van der Waals surface area contributed by atoms with Crippen LogP contribution in [-0.2, 0) is 11.2 Å². The van der Waals surface area contributed by atoms with E-state index in [-0.39, 0.29) is 0 Å². The Balaban J connectivity index is 2.17. The molecule has 1 fully saturated rings. The first-order valence-electron chi connectivity index (χ1n) is 4.86. The van der Waals surface area contributed by atoms with Crippen molar-refractivity contribution < 1.29 is 4.79 Å². The predicted octanol–water partition coefficient (Wildman–Crippen LogP) is 1.74. The summed E-state index contributed by atoms with van der Waals surface area (Å²) in [5.74, 6) is 0. The van der Waals surface area contributed by atoms with Gasteiger partial charge in [-0.1, -0.05) is 12.8 Å². The van der Waals surface area contributed by atoms with Crippen LogP contribution >= 0.6 is 0 Å². The third-order valence-corrected chi connectivity index (χ3v) is 2.76. The fraction of sp³-hybridized carbons (Fsp3) is 0.600. The second-order valence-electron chi connectivity index (χ2n) is 3.60. The molecule has 0 atom stereocenters. The smallest absolute Gasteiger partial charge is 0.125 e. The van der Waals surface area contributed by atoms with Gasteiger partial charge in [0.15, 0.2) is 0 Å². The molecule has 0 radical (unpaired) electrons. The van der Waals surface area contributed by atoms with E-state index in [2.05, 4.69) is 9.55 Å². The quantitative estimate of drug-likeness (QED) is 0.661. The maximum atomic E-state index is 10.4. The lowest BCUT2D eigenvalue weighted by Gasteiger charge is -2.13. The molecule has 1 aromatic rings. The Morgan fingerprint density at radius 2 is 2.31 bits per heavy atom. The van der Waals surface area contributed by atoms with Gasteiger partial charge in [-0.2, -0.15) is 0 Å². The van der Waals surface area contributed by atoms with Gasteiger partial charge in [0.25, 0.3) is 0 Å². The van der Waals surface area contributed by atoms with Gasteiger partial charge < -0.3 is 9.36 Å². The molecular weight excluding hydrogens is 164 g/mol. The number of aldehydes is 1. The average Bonchev–Trinajstić information content (AvgIpc) is 2.71. The van der Waals surface area contributed by atoms with Crippen molar-refractivity contribution in [1.82, 2.24) is 9.55 Å². The topological polar surface area (TPSA) is 34.9 Å². The third kappa shape index (κ3) is 1.64. The van der Waals surface area contributed by atoms with E-state index in [1.807, 2.05) is 6.33 Å². The fourth-order valence-electron chi connectivity index (χ4n) is 2.09. The van der Waals surface area contributed by atoms with Gasteiger partial charge in [-0.05, 0) is 12.8 Å². The van der Waals surface area contributed by atoms with E-state index >= 15 is 0 Å². The Labute approximate surface area is 77.8 Å². The molecule has 0 saturated heterocycles. The third-order valence-electron chi connectivity index (χ3n) is 2.76. The van der Waals surface area contributed by atoms with Gasteiger partial charge >= 0.3 is 0 Å². The van der Waals surface area contributed by atoms with Gasteiger partial charge in [0, 0.05) is 24.4 Å². The monoisotopic (exact) mass is 178 g/mol. The van der Waals surface area contributed by atoms with Crippen molar-refractivity contribution >= 4 is 6.29 Å². The van der Waals surface area contributed by atoms with Crippen LogP contribution < -0.4 is 0 Å². The summed E-state index contributed by atoms with van der Waals surface area (Å²) >= 11 is 0. The number of hydrogen-bond donors (Lipinski definition) is 0. The highest BCUT2D eigenvalue weighted by Gasteiger charge is 2.18. The molecule has 1 aliphatic carbocycles. The minimum absolute atomic E-state index is 0.497. The highest BCUT2D eigenvalue weighted by Crippen LogP contribution is 2.30. The summed E-state index contributed by atoms with van der Waals surface area (Å²) in [5.41, 5.74) is 1.06. The minimum atomic E-state index is 0.497. The molecule has 1 saturated carbocycles. The summed E-state index contributed by atoms with van der Waals surface area (Å²) in [4.78, 5) is 14.5. The molecule has 0 N–H and O–H groups in total. The summed E-state index contributed by atoms with van der Waals surface area (Å²) in [5, 5.41) is 0. The number of carbonyl (C=O) groups is 1. The number of carbonyl (C=O) groups excluding carboxylic acids is 1. The van der Waals surface area contributed by atoms with E-state index in [0.717, 1.165) is 12.0 Å². The molecule has 0 amide bonds. The maximum absolute atomic E-state index is 10.4. The van der Waals surface area contributed by atoms with Crippen LogP contribution in [0, 0.1) is 0 Å². The van der Waals surface area contributed by atoms with Gasteiger partial charge in [-0.3, -0.25) is 0 Å².